The van der Waals surface area contributed by atoms with Crippen molar-refractivity contribution in [1.29, 1.82) is 0 Å². The summed E-state index contributed by atoms with van der Waals surface area (Å²) in [7, 11) is -3.28. The molecule has 0 bridgehead atoms. The van der Waals surface area contributed by atoms with Crippen LogP contribution in [0.4, 0.5) is 0 Å². The van der Waals surface area contributed by atoms with Crippen LogP contribution in [0.2, 0.25) is 0 Å². The van der Waals surface area contributed by atoms with Gasteiger partial charge < -0.3 is 5.32 Å². The van der Waals surface area contributed by atoms with Crippen molar-refractivity contribution in [3.8, 4) is 0 Å². The zero-order chi connectivity index (χ0) is 14.6. The van der Waals surface area contributed by atoms with Gasteiger partial charge in [0.25, 0.3) is 10.2 Å². The second-order valence-electron chi connectivity index (χ2n) is 6.11. The molecule has 20 heavy (non-hydrogen) atoms. The van der Waals surface area contributed by atoms with Crippen LogP contribution in [0.3, 0.4) is 0 Å². The van der Waals surface area contributed by atoms with Crippen LogP contribution in [0.25, 0.3) is 0 Å². The monoisotopic (exact) mass is 303 g/mol. The highest BCUT2D eigenvalue weighted by atomic mass is 32.2. The van der Waals surface area contributed by atoms with Gasteiger partial charge in [-0.2, -0.15) is 17.0 Å². The lowest BCUT2D eigenvalue weighted by atomic mass is 9.98. The van der Waals surface area contributed by atoms with Crippen LogP contribution in [0.5, 0.6) is 0 Å². The van der Waals surface area contributed by atoms with Gasteiger partial charge in [-0.1, -0.05) is 13.3 Å². The molecule has 1 unspecified atom stereocenters. The Kier molecular flexibility index (Phi) is 5.84. The van der Waals surface area contributed by atoms with E-state index in [4.69, 9.17) is 0 Å². The fraction of sp³-hybridized carbons (Fsp3) is 1.00. The third kappa shape index (κ3) is 3.72. The molecule has 5 nitrogen and oxygen atoms in total. The number of nitrogens with one attached hydrogen (secondary N) is 1. The highest BCUT2D eigenvalue weighted by molar-refractivity contribution is 7.86. The van der Waals surface area contributed by atoms with E-state index >= 15 is 0 Å². The van der Waals surface area contributed by atoms with Gasteiger partial charge in [0, 0.05) is 25.7 Å². The first-order valence-electron chi connectivity index (χ1n) is 8.03. The smallest absolute Gasteiger partial charge is 0.282 e. The zero-order valence-electron chi connectivity index (χ0n) is 12.8. The number of hydrogen-bond acceptors (Lipinski definition) is 3. The molecule has 0 aromatic carbocycles. The molecule has 0 aliphatic carbocycles. The lowest BCUT2D eigenvalue weighted by molar-refractivity contribution is 0.230. The maximum absolute atomic E-state index is 12.8. The first-order chi connectivity index (χ1) is 9.55. The number of hydrogen-bond donors (Lipinski definition) is 1. The van der Waals surface area contributed by atoms with Crippen LogP contribution in [0, 0.1) is 5.92 Å². The van der Waals surface area contributed by atoms with E-state index < -0.39 is 10.2 Å². The minimum Gasteiger partial charge on any atom is -0.317 e. The predicted molar refractivity (Wildman–Crippen MR) is 81.8 cm³/mol. The van der Waals surface area contributed by atoms with Gasteiger partial charge in [-0.25, -0.2) is 0 Å². The Morgan fingerprint density at radius 2 is 1.90 bits per heavy atom. The van der Waals surface area contributed by atoms with Crippen molar-refractivity contribution in [2.75, 3.05) is 32.7 Å². The van der Waals surface area contributed by atoms with Gasteiger partial charge in [0.1, 0.15) is 0 Å². The SMILES string of the molecule is CCN(CC1CCNCC1)S(=O)(=O)N1CCCCC1C. The minimum atomic E-state index is -3.28. The predicted octanol–water partition coefficient (Wildman–Crippen LogP) is 1.43. The summed E-state index contributed by atoms with van der Waals surface area (Å²) in [6.45, 7) is 7.97. The average Bonchev–Trinajstić information content (AvgIpc) is 2.46. The normalized spacial score (nSPS) is 27.1. The molecular formula is C14H29N3O2S. The van der Waals surface area contributed by atoms with E-state index in [0.29, 0.717) is 25.6 Å². The Balaban J connectivity index is 2.03. The molecule has 0 amide bonds. The van der Waals surface area contributed by atoms with Gasteiger partial charge in [0.05, 0.1) is 0 Å². The Morgan fingerprint density at radius 1 is 1.20 bits per heavy atom. The topological polar surface area (TPSA) is 52.7 Å². The molecule has 0 saturated carbocycles. The minimum absolute atomic E-state index is 0.149. The molecule has 2 heterocycles. The van der Waals surface area contributed by atoms with Gasteiger partial charge in [0.2, 0.25) is 0 Å². The first-order valence-corrected chi connectivity index (χ1v) is 9.43. The van der Waals surface area contributed by atoms with E-state index in [1.54, 1.807) is 8.61 Å². The molecule has 0 aromatic heterocycles. The fourth-order valence-electron chi connectivity index (χ4n) is 3.30. The third-order valence-corrected chi connectivity index (χ3v) is 6.83. The average molecular weight is 303 g/mol. The summed E-state index contributed by atoms with van der Waals surface area (Å²) < 4.78 is 29.1. The third-order valence-electron chi connectivity index (χ3n) is 4.64. The maximum Gasteiger partial charge on any atom is 0.282 e. The van der Waals surface area contributed by atoms with Gasteiger partial charge in [-0.3, -0.25) is 0 Å². The summed E-state index contributed by atoms with van der Waals surface area (Å²) in [4.78, 5) is 0. The van der Waals surface area contributed by atoms with Crippen molar-refractivity contribution >= 4 is 10.2 Å². The van der Waals surface area contributed by atoms with Crippen molar-refractivity contribution in [2.45, 2.75) is 52.0 Å². The summed E-state index contributed by atoms with van der Waals surface area (Å²) in [6, 6.07) is 0.149. The molecule has 2 aliphatic rings. The van der Waals surface area contributed by atoms with E-state index in [1.807, 2.05) is 13.8 Å². The van der Waals surface area contributed by atoms with Crippen molar-refractivity contribution in [2.24, 2.45) is 5.92 Å². The molecule has 2 rings (SSSR count). The summed E-state index contributed by atoms with van der Waals surface area (Å²) in [6.07, 6.45) is 5.30. The zero-order valence-corrected chi connectivity index (χ0v) is 13.7. The van der Waals surface area contributed by atoms with Gasteiger partial charge in [0.15, 0.2) is 0 Å². The second kappa shape index (κ2) is 7.20. The van der Waals surface area contributed by atoms with Gasteiger partial charge in [-0.15, -0.1) is 0 Å². The molecule has 0 radical (unpaired) electrons. The molecule has 1 N–H and O–H groups in total. The molecule has 0 aromatic rings. The van der Waals surface area contributed by atoms with Crippen LogP contribution in [-0.2, 0) is 10.2 Å². The molecule has 1 atom stereocenters. The Morgan fingerprint density at radius 3 is 2.50 bits per heavy atom. The van der Waals surface area contributed by atoms with Gasteiger partial charge >= 0.3 is 0 Å². The summed E-state index contributed by atoms with van der Waals surface area (Å²) in [5.41, 5.74) is 0. The molecule has 2 fully saturated rings. The van der Waals surface area contributed by atoms with Crippen molar-refractivity contribution in [3.63, 3.8) is 0 Å². The standard InChI is InChI=1S/C14H29N3O2S/c1-3-16(12-14-7-9-15-10-8-14)20(18,19)17-11-5-4-6-13(17)2/h13-15H,3-12H2,1-2H3. The second-order valence-corrected chi connectivity index (χ2v) is 7.99. The van der Waals surface area contributed by atoms with E-state index in [9.17, 15) is 8.42 Å². The van der Waals surface area contributed by atoms with Crippen molar-refractivity contribution in [3.05, 3.63) is 0 Å². The Hall–Kier alpha value is -0.170. The molecule has 6 heteroatoms. The quantitative estimate of drug-likeness (QED) is 0.836. The summed E-state index contributed by atoms with van der Waals surface area (Å²) >= 11 is 0. The molecule has 0 spiro atoms. The van der Waals surface area contributed by atoms with Gasteiger partial charge in [-0.05, 0) is 51.6 Å². The maximum atomic E-state index is 12.8. The van der Waals surface area contributed by atoms with E-state index in [2.05, 4.69) is 5.32 Å². The number of nitrogens with zero attached hydrogens (tertiary/aromatic N) is 2. The van der Waals surface area contributed by atoms with Crippen molar-refractivity contribution in [1.82, 2.24) is 13.9 Å². The molecule has 2 aliphatic heterocycles. The lowest BCUT2D eigenvalue weighted by Gasteiger charge is -2.37. The van der Waals surface area contributed by atoms with Crippen molar-refractivity contribution < 1.29 is 8.42 Å². The van der Waals surface area contributed by atoms with E-state index in [-0.39, 0.29) is 6.04 Å². The highest BCUT2D eigenvalue weighted by Gasteiger charge is 2.34. The number of rotatable bonds is 5. The van der Waals surface area contributed by atoms with Crippen LogP contribution in [-0.4, -0.2) is 55.8 Å². The fourth-order valence-corrected chi connectivity index (χ4v) is 5.24. The molecule has 118 valence electrons. The van der Waals surface area contributed by atoms with E-state index in [0.717, 1.165) is 45.2 Å². The lowest BCUT2D eigenvalue weighted by Crippen LogP contribution is -2.51. The molecule has 2 saturated heterocycles. The summed E-state index contributed by atoms with van der Waals surface area (Å²) in [5.74, 6) is 0.506. The molecular weight excluding hydrogens is 274 g/mol. The summed E-state index contributed by atoms with van der Waals surface area (Å²) in [5, 5.41) is 3.34. The first kappa shape index (κ1) is 16.2. The van der Waals surface area contributed by atoms with Crippen LogP contribution >= 0.6 is 0 Å². The van der Waals surface area contributed by atoms with Crippen LogP contribution in [0.1, 0.15) is 46.0 Å². The number of piperidine rings is 2. The Bertz CT molecular complexity index is 393. The highest BCUT2D eigenvalue weighted by Crippen LogP contribution is 2.24. The van der Waals surface area contributed by atoms with Crippen LogP contribution in [0.15, 0.2) is 0 Å². The largest absolute Gasteiger partial charge is 0.317 e. The Labute approximate surface area is 123 Å². The van der Waals surface area contributed by atoms with E-state index in [1.165, 1.54) is 0 Å². The van der Waals surface area contributed by atoms with Crippen LogP contribution < -0.4 is 5.32 Å².